The molecule has 0 amide bonds. The molecule has 0 aromatic carbocycles. The molecule has 0 bridgehead atoms. The van der Waals surface area contributed by atoms with E-state index in [4.69, 9.17) is 15.3 Å². The van der Waals surface area contributed by atoms with E-state index in [-0.39, 0.29) is 59.1 Å². The van der Waals surface area contributed by atoms with Crippen LogP contribution in [0.25, 0.3) is 0 Å². The molecule has 0 aliphatic heterocycles. The SMILES string of the molecule is O=C(O)CC(O)(CC(=O)OC(=O)O)C(=O)O.[NaH].[NaH]. The summed E-state index contributed by atoms with van der Waals surface area (Å²) >= 11 is 0. The number of carboxylic acids is 2. The molecular weight excluding hydrogens is 274 g/mol. The molecule has 0 rings (SSSR count). The van der Waals surface area contributed by atoms with Crippen LogP contribution in [0.1, 0.15) is 12.8 Å². The molecule has 4 N–H and O–H groups in total. The number of aliphatic hydroxyl groups is 1. The van der Waals surface area contributed by atoms with E-state index in [0.29, 0.717) is 0 Å². The van der Waals surface area contributed by atoms with Gasteiger partial charge in [-0.2, -0.15) is 0 Å². The van der Waals surface area contributed by atoms with Gasteiger partial charge in [0.15, 0.2) is 5.60 Å². The first-order chi connectivity index (χ1) is 7.17. The van der Waals surface area contributed by atoms with Gasteiger partial charge in [0.1, 0.15) is 0 Å². The number of hydrogen-bond donors (Lipinski definition) is 4. The summed E-state index contributed by atoms with van der Waals surface area (Å²) in [4.78, 5) is 41.4. The van der Waals surface area contributed by atoms with E-state index in [0.717, 1.165) is 0 Å². The molecule has 11 heteroatoms. The molecule has 1 unspecified atom stereocenters. The molecule has 0 aromatic rings. The van der Waals surface area contributed by atoms with E-state index >= 15 is 0 Å². The molecule has 1 atom stereocenters. The van der Waals surface area contributed by atoms with Gasteiger partial charge >= 0.3 is 83.2 Å². The molecule has 0 heterocycles. The Morgan fingerprint density at radius 2 is 1.39 bits per heavy atom. The van der Waals surface area contributed by atoms with Crippen LogP contribution < -0.4 is 0 Å². The number of ether oxygens (including phenoxy) is 1. The van der Waals surface area contributed by atoms with Gasteiger partial charge in [-0.15, -0.1) is 0 Å². The van der Waals surface area contributed by atoms with Crippen molar-refractivity contribution in [3.05, 3.63) is 0 Å². The standard InChI is InChI=1S/C7H8O9.2Na.2H/c8-3(9)1-7(15,5(11)12)2-4(10)16-6(13)14;;;;/h15H,1-2H2,(H,8,9)(H,11,12)(H,13,14);;;;. The van der Waals surface area contributed by atoms with Gasteiger partial charge in [0.25, 0.3) is 0 Å². The van der Waals surface area contributed by atoms with Gasteiger partial charge in [0.05, 0.1) is 12.8 Å². The van der Waals surface area contributed by atoms with Crippen LogP contribution in [0, 0.1) is 0 Å². The first kappa shape index (κ1) is 23.0. The van der Waals surface area contributed by atoms with Crippen molar-refractivity contribution >= 4 is 83.2 Å². The monoisotopic (exact) mass is 284 g/mol. The first-order valence-electron chi connectivity index (χ1n) is 3.78. The van der Waals surface area contributed by atoms with Crippen LogP contribution in [0.15, 0.2) is 0 Å². The van der Waals surface area contributed by atoms with E-state index in [2.05, 4.69) is 4.74 Å². The number of carboxylic acid groups (broad SMARTS) is 3. The predicted molar refractivity (Wildman–Crippen MR) is 57.9 cm³/mol. The molecule has 9 nitrogen and oxygen atoms in total. The van der Waals surface area contributed by atoms with Crippen molar-refractivity contribution in [3.8, 4) is 0 Å². The number of hydrogen-bond acceptors (Lipinski definition) is 6. The summed E-state index contributed by atoms with van der Waals surface area (Å²) in [5.74, 6) is -5.18. The number of carbonyl (C=O) groups is 4. The minimum atomic E-state index is -2.89. The van der Waals surface area contributed by atoms with Crippen molar-refractivity contribution in [3.63, 3.8) is 0 Å². The maximum absolute atomic E-state index is 10.7. The molecule has 0 aliphatic rings. The third-order valence-corrected chi connectivity index (χ3v) is 1.48. The average molecular weight is 284 g/mol. The summed E-state index contributed by atoms with van der Waals surface area (Å²) in [6.45, 7) is 0. The Hall–Kier alpha value is -0.160. The quantitative estimate of drug-likeness (QED) is 0.245. The zero-order chi connectivity index (χ0) is 12.9. The average Bonchev–Trinajstić information content (AvgIpc) is 1.98. The zero-order valence-electron chi connectivity index (χ0n) is 7.74. The Balaban J connectivity index is -0.00000112. The summed E-state index contributed by atoms with van der Waals surface area (Å²) < 4.78 is 3.54. The number of carbonyl (C=O) groups excluding carboxylic acids is 1. The summed E-state index contributed by atoms with van der Waals surface area (Å²) in [7, 11) is 0. The molecule has 0 spiro atoms. The van der Waals surface area contributed by atoms with Crippen LogP contribution in [0.5, 0.6) is 0 Å². The first-order valence-corrected chi connectivity index (χ1v) is 3.78. The second kappa shape index (κ2) is 9.73. The van der Waals surface area contributed by atoms with Crippen LogP contribution in [-0.2, 0) is 19.1 Å². The van der Waals surface area contributed by atoms with Crippen LogP contribution in [0.2, 0.25) is 0 Å². The Morgan fingerprint density at radius 1 is 0.944 bits per heavy atom. The molecule has 0 radical (unpaired) electrons. The van der Waals surface area contributed by atoms with E-state index in [1.54, 1.807) is 0 Å². The number of esters is 1. The second-order valence-corrected chi connectivity index (χ2v) is 2.82. The molecular formula is C7H10Na2O9. The molecule has 0 aliphatic carbocycles. The molecule has 0 saturated heterocycles. The van der Waals surface area contributed by atoms with E-state index in [1.165, 1.54) is 0 Å². The molecule has 0 saturated carbocycles. The molecule has 18 heavy (non-hydrogen) atoms. The fraction of sp³-hybridized carbons (Fsp3) is 0.429. The number of aliphatic carboxylic acids is 2. The Morgan fingerprint density at radius 3 is 1.67 bits per heavy atom. The van der Waals surface area contributed by atoms with Crippen molar-refractivity contribution in [1.82, 2.24) is 0 Å². The third kappa shape index (κ3) is 8.86. The van der Waals surface area contributed by atoms with E-state index in [1.807, 2.05) is 0 Å². The predicted octanol–water partition coefficient (Wildman–Crippen LogP) is -2.41. The van der Waals surface area contributed by atoms with Gasteiger partial charge in [-0.05, 0) is 0 Å². The third-order valence-electron chi connectivity index (χ3n) is 1.48. The van der Waals surface area contributed by atoms with Gasteiger partial charge in [-0.1, -0.05) is 0 Å². The van der Waals surface area contributed by atoms with Crippen molar-refractivity contribution in [2.75, 3.05) is 0 Å². The van der Waals surface area contributed by atoms with Gasteiger partial charge in [0.2, 0.25) is 0 Å². The molecule has 0 aromatic heterocycles. The Labute approximate surface area is 145 Å². The van der Waals surface area contributed by atoms with Gasteiger partial charge < -0.3 is 25.2 Å². The summed E-state index contributed by atoms with van der Waals surface area (Å²) in [5, 5.41) is 34.1. The van der Waals surface area contributed by atoms with Gasteiger partial charge in [0, 0.05) is 0 Å². The van der Waals surface area contributed by atoms with Crippen LogP contribution >= 0.6 is 0 Å². The Kier molecular flexibility index (Phi) is 12.4. The molecule has 94 valence electrons. The van der Waals surface area contributed by atoms with Crippen LogP contribution in [0.4, 0.5) is 4.79 Å². The normalized spacial score (nSPS) is 12.1. The summed E-state index contributed by atoms with van der Waals surface area (Å²) in [6, 6.07) is 0. The minimum absolute atomic E-state index is 0. The summed E-state index contributed by atoms with van der Waals surface area (Å²) in [6.07, 6.45) is -4.51. The Bertz CT molecular complexity index is 342. The van der Waals surface area contributed by atoms with Crippen molar-refractivity contribution in [1.29, 1.82) is 0 Å². The van der Waals surface area contributed by atoms with Gasteiger partial charge in [-0.25, -0.2) is 9.59 Å². The van der Waals surface area contributed by atoms with Crippen molar-refractivity contribution in [2.45, 2.75) is 18.4 Å². The van der Waals surface area contributed by atoms with Gasteiger partial charge in [-0.3, -0.25) is 9.59 Å². The van der Waals surface area contributed by atoms with Crippen molar-refractivity contribution < 1.29 is 44.3 Å². The van der Waals surface area contributed by atoms with Crippen LogP contribution in [0.3, 0.4) is 0 Å². The fourth-order valence-electron chi connectivity index (χ4n) is 0.836. The second-order valence-electron chi connectivity index (χ2n) is 2.82. The summed E-state index contributed by atoms with van der Waals surface area (Å²) in [5.41, 5.74) is -2.89. The fourth-order valence-corrected chi connectivity index (χ4v) is 0.836. The van der Waals surface area contributed by atoms with E-state index < -0.39 is 42.5 Å². The van der Waals surface area contributed by atoms with Crippen molar-refractivity contribution in [2.24, 2.45) is 0 Å². The zero-order valence-corrected chi connectivity index (χ0v) is 7.74. The number of rotatable bonds is 5. The maximum atomic E-state index is 10.7. The van der Waals surface area contributed by atoms with E-state index in [9.17, 15) is 24.3 Å². The van der Waals surface area contributed by atoms with Crippen LogP contribution in [-0.4, -0.2) is 109 Å². The molecule has 0 fully saturated rings. The topological polar surface area (TPSA) is 158 Å².